The number of anilines is 1. The van der Waals surface area contributed by atoms with E-state index in [9.17, 15) is 22.4 Å². The Kier molecular flexibility index (Phi) is 5.65. The van der Waals surface area contributed by atoms with Crippen LogP contribution in [-0.4, -0.2) is 55.6 Å². The van der Waals surface area contributed by atoms with Gasteiger partial charge >= 0.3 is 0 Å². The van der Waals surface area contributed by atoms with Gasteiger partial charge < -0.3 is 10.2 Å². The van der Waals surface area contributed by atoms with E-state index in [1.165, 1.54) is 28.6 Å². The minimum absolute atomic E-state index is 0.0209. The van der Waals surface area contributed by atoms with Crippen molar-refractivity contribution in [2.45, 2.75) is 17.2 Å². The van der Waals surface area contributed by atoms with Gasteiger partial charge in [-0.05, 0) is 45.8 Å². The molecule has 7 nitrogen and oxygen atoms in total. The highest BCUT2D eigenvalue weighted by Gasteiger charge is 2.37. The number of rotatable bonds is 3. The Bertz CT molecular complexity index is 1120. The number of nitrogens with one attached hydrogen (secondary N) is 1. The van der Waals surface area contributed by atoms with Gasteiger partial charge in [0, 0.05) is 42.8 Å². The van der Waals surface area contributed by atoms with E-state index in [1.807, 2.05) is 0 Å². The second kappa shape index (κ2) is 8.09. The molecule has 1 N–H and O–H groups in total. The van der Waals surface area contributed by atoms with Gasteiger partial charge in [-0.25, -0.2) is 12.8 Å². The number of sulfonamides is 1. The first-order chi connectivity index (χ1) is 14.3. The largest absolute Gasteiger partial charge is 0.340 e. The highest BCUT2D eigenvalue weighted by Crippen LogP contribution is 2.34. The minimum atomic E-state index is -3.69. The van der Waals surface area contributed by atoms with Crippen LogP contribution < -0.4 is 5.32 Å². The Labute approximate surface area is 182 Å². The SMILES string of the molecule is O=C1CC(C(=O)N2CCN(S(=O)(=O)c3ccccc3Br)CC2)c2ccc(F)cc2N1. The highest BCUT2D eigenvalue weighted by molar-refractivity contribution is 9.10. The zero-order valence-electron chi connectivity index (χ0n) is 15.8. The van der Waals surface area contributed by atoms with Crippen LogP contribution in [0, 0.1) is 5.82 Å². The van der Waals surface area contributed by atoms with E-state index in [2.05, 4.69) is 21.2 Å². The Morgan fingerprint density at radius 2 is 1.80 bits per heavy atom. The third kappa shape index (κ3) is 3.86. The fourth-order valence-corrected chi connectivity index (χ4v) is 6.21. The molecule has 2 aliphatic rings. The van der Waals surface area contributed by atoms with Crippen molar-refractivity contribution in [3.05, 3.63) is 58.3 Å². The van der Waals surface area contributed by atoms with Gasteiger partial charge in [0.1, 0.15) is 5.82 Å². The van der Waals surface area contributed by atoms with Crippen molar-refractivity contribution < 1.29 is 22.4 Å². The molecule has 158 valence electrons. The maximum absolute atomic E-state index is 13.5. The van der Waals surface area contributed by atoms with Gasteiger partial charge in [-0.1, -0.05) is 18.2 Å². The lowest BCUT2D eigenvalue weighted by Gasteiger charge is -2.37. The lowest BCUT2D eigenvalue weighted by atomic mass is 9.89. The summed E-state index contributed by atoms with van der Waals surface area (Å²) in [6.07, 6.45) is -0.0209. The molecule has 2 heterocycles. The van der Waals surface area contributed by atoms with Crippen molar-refractivity contribution in [1.82, 2.24) is 9.21 Å². The number of carbonyl (C=O) groups is 2. The van der Waals surface area contributed by atoms with E-state index < -0.39 is 21.8 Å². The summed E-state index contributed by atoms with van der Waals surface area (Å²) in [5.74, 6) is -1.80. The third-order valence-corrected chi connectivity index (χ3v) is 8.27. The van der Waals surface area contributed by atoms with E-state index in [-0.39, 0.29) is 49.3 Å². The Hall–Kier alpha value is -2.30. The molecule has 2 aliphatic heterocycles. The van der Waals surface area contributed by atoms with Crippen molar-refractivity contribution in [3.8, 4) is 0 Å². The monoisotopic (exact) mass is 495 g/mol. The number of halogens is 2. The molecule has 30 heavy (non-hydrogen) atoms. The minimum Gasteiger partial charge on any atom is -0.340 e. The lowest BCUT2D eigenvalue weighted by Crippen LogP contribution is -2.52. The number of fused-ring (bicyclic) bond motifs is 1. The first-order valence-corrected chi connectivity index (χ1v) is 11.6. The number of nitrogens with zero attached hydrogens (tertiary/aromatic N) is 2. The van der Waals surface area contributed by atoms with Gasteiger partial charge in [0.25, 0.3) is 0 Å². The van der Waals surface area contributed by atoms with Crippen molar-refractivity contribution in [2.75, 3.05) is 31.5 Å². The van der Waals surface area contributed by atoms with E-state index in [4.69, 9.17) is 0 Å². The molecule has 0 aliphatic carbocycles. The molecule has 0 spiro atoms. The number of hydrogen-bond acceptors (Lipinski definition) is 4. The molecule has 1 unspecified atom stereocenters. The second-order valence-electron chi connectivity index (χ2n) is 7.20. The molecular formula is C20H19BrFN3O4S. The maximum Gasteiger partial charge on any atom is 0.244 e. The first kappa shape index (κ1) is 21.0. The normalized spacial score (nSPS) is 19.9. The molecule has 2 aromatic rings. The zero-order valence-corrected chi connectivity index (χ0v) is 18.2. The van der Waals surface area contributed by atoms with Crippen LogP contribution in [0.2, 0.25) is 0 Å². The number of carbonyl (C=O) groups excluding carboxylic acids is 2. The number of hydrogen-bond donors (Lipinski definition) is 1. The van der Waals surface area contributed by atoms with E-state index >= 15 is 0 Å². The van der Waals surface area contributed by atoms with Crippen LogP contribution in [0.3, 0.4) is 0 Å². The average Bonchev–Trinajstić information content (AvgIpc) is 2.72. The molecule has 4 rings (SSSR count). The van der Waals surface area contributed by atoms with Gasteiger partial charge in [0.15, 0.2) is 0 Å². The van der Waals surface area contributed by atoms with Crippen LogP contribution in [0.15, 0.2) is 51.8 Å². The van der Waals surface area contributed by atoms with Crippen molar-refractivity contribution >= 4 is 43.5 Å². The predicted molar refractivity (Wildman–Crippen MR) is 112 cm³/mol. The lowest BCUT2D eigenvalue weighted by molar-refractivity contribution is -0.136. The molecule has 1 saturated heterocycles. The summed E-state index contributed by atoms with van der Waals surface area (Å²) in [5, 5.41) is 2.60. The molecule has 0 aromatic heterocycles. The van der Waals surface area contributed by atoms with Crippen LogP contribution in [0.1, 0.15) is 17.9 Å². The molecule has 0 saturated carbocycles. The van der Waals surface area contributed by atoms with Gasteiger partial charge in [0.05, 0.1) is 10.8 Å². The van der Waals surface area contributed by atoms with Crippen LogP contribution in [0.5, 0.6) is 0 Å². The Balaban J connectivity index is 1.49. The molecule has 0 bridgehead atoms. The van der Waals surface area contributed by atoms with Crippen molar-refractivity contribution in [3.63, 3.8) is 0 Å². The fraction of sp³-hybridized carbons (Fsp3) is 0.300. The summed E-state index contributed by atoms with van der Waals surface area (Å²) in [5.41, 5.74) is 0.879. The molecule has 2 amide bonds. The van der Waals surface area contributed by atoms with E-state index in [1.54, 1.807) is 23.1 Å². The summed E-state index contributed by atoms with van der Waals surface area (Å²) in [6.45, 7) is 0.753. The number of benzene rings is 2. The molecule has 1 atom stereocenters. The van der Waals surface area contributed by atoms with E-state index in [0.717, 1.165) is 0 Å². The second-order valence-corrected chi connectivity index (χ2v) is 9.96. The molecule has 1 fully saturated rings. The number of piperazine rings is 1. The average molecular weight is 496 g/mol. The van der Waals surface area contributed by atoms with Crippen LogP contribution in [-0.2, 0) is 19.6 Å². The molecular weight excluding hydrogens is 477 g/mol. The summed E-state index contributed by atoms with van der Waals surface area (Å²) in [4.78, 5) is 26.9. The van der Waals surface area contributed by atoms with Crippen LogP contribution >= 0.6 is 15.9 Å². The molecule has 10 heteroatoms. The van der Waals surface area contributed by atoms with Crippen molar-refractivity contribution in [1.29, 1.82) is 0 Å². The predicted octanol–water partition coefficient (Wildman–Crippen LogP) is 2.55. The Morgan fingerprint density at radius 3 is 2.50 bits per heavy atom. The van der Waals surface area contributed by atoms with Gasteiger partial charge in [-0.3, -0.25) is 9.59 Å². The standard InChI is InChI=1S/C20H19BrFN3O4S/c21-16-3-1-2-4-18(16)30(28,29)25-9-7-24(8-10-25)20(27)15-12-19(26)23-17-11-13(22)5-6-14(15)17/h1-6,11,15H,7-10,12H2,(H,23,26). The van der Waals surface area contributed by atoms with E-state index in [0.29, 0.717) is 15.7 Å². The third-order valence-electron chi connectivity index (χ3n) is 5.36. The van der Waals surface area contributed by atoms with Crippen molar-refractivity contribution in [2.24, 2.45) is 0 Å². The Morgan fingerprint density at radius 1 is 1.10 bits per heavy atom. The smallest absolute Gasteiger partial charge is 0.244 e. The summed E-state index contributed by atoms with van der Waals surface area (Å²) >= 11 is 3.28. The fourth-order valence-electron chi connectivity index (χ4n) is 3.82. The zero-order chi connectivity index (χ0) is 21.5. The quantitative estimate of drug-likeness (QED) is 0.708. The topological polar surface area (TPSA) is 86.8 Å². The molecule has 2 aromatic carbocycles. The van der Waals surface area contributed by atoms with Crippen LogP contribution in [0.25, 0.3) is 0 Å². The van der Waals surface area contributed by atoms with Gasteiger partial charge in [0.2, 0.25) is 21.8 Å². The maximum atomic E-state index is 13.5. The van der Waals surface area contributed by atoms with Gasteiger partial charge in [-0.15, -0.1) is 0 Å². The summed E-state index contributed by atoms with van der Waals surface area (Å²) < 4.78 is 41.2. The summed E-state index contributed by atoms with van der Waals surface area (Å²) in [7, 11) is -3.69. The highest BCUT2D eigenvalue weighted by atomic mass is 79.9. The molecule has 0 radical (unpaired) electrons. The van der Waals surface area contributed by atoms with Crippen LogP contribution in [0.4, 0.5) is 10.1 Å². The summed E-state index contributed by atoms with van der Waals surface area (Å²) in [6, 6.07) is 10.6. The van der Waals surface area contributed by atoms with Gasteiger partial charge in [-0.2, -0.15) is 4.31 Å². The first-order valence-electron chi connectivity index (χ1n) is 9.40. The number of amides is 2.